The lowest BCUT2D eigenvalue weighted by Gasteiger charge is -2.17. The quantitative estimate of drug-likeness (QED) is 0.690. The van der Waals surface area contributed by atoms with Crippen molar-refractivity contribution in [2.24, 2.45) is 0 Å². The molecule has 0 bridgehead atoms. The van der Waals surface area contributed by atoms with E-state index in [2.05, 4.69) is 29.6 Å². The van der Waals surface area contributed by atoms with Gasteiger partial charge in [-0.25, -0.2) is 4.79 Å². The fourth-order valence-corrected chi connectivity index (χ4v) is 3.69. The van der Waals surface area contributed by atoms with Crippen LogP contribution in [0.3, 0.4) is 0 Å². The first-order valence-corrected chi connectivity index (χ1v) is 9.04. The second-order valence-electron chi connectivity index (χ2n) is 6.79. The van der Waals surface area contributed by atoms with Gasteiger partial charge in [-0.15, -0.1) is 0 Å². The lowest BCUT2D eigenvalue weighted by atomic mass is 9.98. The highest BCUT2D eigenvalue weighted by Crippen LogP contribution is 2.44. The molecule has 136 valence electrons. The Kier molecular flexibility index (Phi) is 4.55. The van der Waals surface area contributed by atoms with Crippen LogP contribution < -0.4 is 5.32 Å². The largest absolute Gasteiger partial charge is 0.508 e. The van der Waals surface area contributed by atoms with E-state index >= 15 is 0 Å². The van der Waals surface area contributed by atoms with Gasteiger partial charge < -0.3 is 15.2 Å². The molecule has 0 saturated heterocycles. The number of benzene rings is 3. The second kappa shape index (κ2) is 7.16. The molecular formula is C23H21NO3. The molecule has 0 aliphatic heterocycles. The van der Waals surface area contributed by atoms with Crippen molar-refractivity contribution in [1.82, 2.24) is 5.32 Å². The van der Waals surface area contributed by atoms with Crippen LogP contribution >= 0.6 is 0 Å². The average Bonchev–Trinajstić information content (AvgIpc) is 3.00. The van der Waals surface area contributed by atoms with Gasteiger partial charge in [0, 0.05) is 5.92 Å². The van der Waals surface area contributed by atoms with Gasteiger partial charge in [0.05, 0.1) is 6.04 Å². The van der Waals surface area contributed by atoms with E-state index in [-0.39, 0.29) is 24.3 Å². The summed E-state index contributed by atoms with van der Waals surface area (Å²) in [5, 5.41) is 12.4. The number of rotatable bonds is 4. The molecule has 3 aromatic carbocycles. The molecular weight excluding hydrogens is 338 g/mol. The first-order valence-electron chi connectivity index (χ1n) is 9.04. The number of fused-ring (bicyclic) bond motifs is 3. The van der Waals surface area contributed by atoms with Crippen LogP contribution in [0, 0.1) is 0 Å². The standard InChI is InChI=1S/C23H21NO3/c1-15(16-7-6-8-17(25)13-16)24-23(26)27-14-22-20-11-4-2-9-18(20)19-10-3-5-12-21(19)22/h2-13,15,22,25H,14H2,1H3,(H,24,26)/t15-/m1/s1. The Labute approximate surface area is 158 Å². The van der Waals surface area contributed by atoms with Crippen LogP contribution in [0.4, 0.5) is 4.79 Å². The third-order valence-corrected chi connectivity index (χ3v) is 5.05. The zero-order valence-electron chi connectivity index (χ0n) is 15.1. The summed E-state index contributed by atoms with van der Waals surface area (Å²) in [4.78, 5) is 12.3. The van der Waals surface area contributed by atoms with Crippen LogP contribution in [-0.4, -0.2) is 17.8 Å². The van der Waals surface area contributed by atoms with Gasteiger partial charge in [-0.05, 0) is 46.9 Å². The summed E-state index contributed by atoms with van der Waals surface area (Å²) in [6.45, 7) is 2.14. The second-order valence-corrected chi connectivity index (χ2v) is 6.79. The lowest BCUT2D eigenvalue weighted by molar-refractivity contribution is 0.139. The number of nitrogens with one attached hydrogen (secondary N) is 1. The summed E-state index contributed by atoms with van der Waals surface area (Å²) >= 11 is 0. The molecule has 4 nitrogen and oxygen atoms in total. The number of phenolic OH excluding ortho intramolecular Hbond substituents is 1. The number of carbonyl (C=O) groups excluding carboxylic acids is 1. The number of carbonyl (C=O) groups is 1. The average molecular weight is 359 g/mol. The monoisotopic (exact) mass is 359 g/mol. The molecule has 1 atom stereocenters. The maximum absolute atomic E-state index is 12.3. The number of alkyl carbamates (subject to hydrolysis) is 1. The fourth-order valence-electron chi connectivity index (χ4n) is 3.69. The van der Waals surface area contributed by atoms with Gasteiger partial charge in [0.1, 0.15) is 12.4 Å². The van der Waals surface area contributed by atoms with Gasteiger partial charge in [-0.2, -0.15) is 0 Å². The van der Waals surface area contributed by atoms with Crippen molar-refractivity contribution >= 4 is 6.09 Å². The van der Waals surface area contributed by atoms with Gasteiger partial charge in [0.15, 0.2) is 0 Å². The molecule has 0 unspecified atom stereocenters. The Morgan fingerprint density at radius 3 is 2.26 bits per heavy atom. The highest BCUT2D eigenvalue weighted by Gasteiger charge is 2.29. The van der Waals surface area contributed by atoms with Crippen molar-refractivity contribution < 1.29 is 14.6 Å². The number of ether oxygens (including phenoxy) is 1. The fraction of sp³-hybridized carbons (Fsp3) is 0.174. The predicted molar refractivity (Wildman–Crippen MR) is 105 cm³/mol. The number of hydrogen-bond acceptors (Lipinski definition) is 3. The van der Waals surface area contributed by atoms with Crippen molar-refractivity contribution in [2.75, 3.05) is 6.61 Å². The maximum Gasteiger partial charge on any atom is 0.407 e. The third-order valence-electron chi connectivity index (χ3n) is 5.05. The molecule has 4 heteroatoms. The number of hydrogen-bond donors (Lipinski definition) is 2. The van der Waals surface area contributed by atoms with E-state index in [1.807, 2.05) is 37.3 Å². The van der Waals surface area contributed by atoms with Crippen LogP contribution in [0.2, 0.25) is 0 Å². The molecule has 0 heterocycles. The smallest absolute Gasteiger partial charge is 0.407 e. The molecule has 0 fully saturated rings. The van der Waals surface area contributed by atoms with E-state index in [0.29, 0.717) is 0 Å². The minimum absolute atomic E-state index is 0.0409. The van der Waals surface area contributed by atoms with Crippen molar-refractivity contribution in [2.45, 2.75) is 18.9 Å². The van der Waals surface area contributed by atoms with E-state index in [1.54, 1.807) is 18.2 Å². The molecule has 2 N–H and O–H groups in total. The van der Waals surface area contributed by atoms with Crippen molar-refractivity contribution in [1.29, 1.82) is 0 Å². The molecule has 4 rings (SSSR count). The molecule has 1 aliphatic rings. The molecule has 1 amide bonds. The Hall–Kier alpha value is -3.27. The lowest BCUT2D eigenvalue weighted by Crippen LogP contribution is -2.28. The first kappa shape index (κ1) is 17.2. The van der Waals surface area contributed by atoms with Crippen molar-refractivity contribution in [3.63, 3.8) is 0 Å². The molecule has 0 saturated carbocycles. The van der Waals surface area contributed by atoms with Gasteiger partial charge in [0.2, 0.25) is 0 Å². The first-order chi connectivity index (χ1) is 13.1. The van der Waals surface area contributed by atoms with E-state index < -0.39 is 6.09 Å². The molecule has 0 spiro atoms. The molecule has 0 aromatic heterocycles. The number of aromatic hydroxyl groups is 1. The van der Waals surface area contributed by atoms with Gasteiger partial charge >= 0.3 is 6.09 Å². The summed E-state index contributed by atoms with van der Waals surface area (Å²) in [6, 6.07) is 23.1. The third kappa shape index (κ3) is 3.38. The Bertz CT molecular complexity index is 937. The SMILES string of the molecule is C[C@@H](NC(=O)OCC1c2ccccc2-c2ccccc21)c1cccc(O)c1. The summed E-state index contributed by atoms with van der Waals surface area (Å²) in [6.07, 6.45) is -0.465. The highest BCUT2D eigenvalue weighted by atomic mass is 16.5. The molecule has 3 aromatic rings. The predicted octanol–water partition coefficient (Wildman–Crippen LogP) is 4.99. The Morgan fingerprint density at radius 1 is 1.00 bits per heavy atom. The normalized spacial score (nSPS) is 13.5. The summed E-state index contributed by atoms with van der Waals surface area (Å²) in [7, 11) is 0. The molecule has 1 aliphatic carbocycles. The van der Waals surface area contributed by atoms with Crippen LogP contribution in [0.15, 0.2) is 72.8 Å². The van der Waals surface area contributed by atoms with Crippen LogP contribution in [0.1, 0.15) is 35.6 Å². The van der Waals surface area contributed by atoms with Crippen LogP contribution in [0.5, 0.6) is 5.75 Å². The van der Waals surface area contributed by atoms with E-state index in [0.717, 1.165) is 5.56 Å². The van der Waals surface area contributed by atoms with Crippen LogP contribution in [-0.2, 0) is 4.74 Å². The van der Waals surface area contributed by atoms with Gasteiger partial charge in [-0.3, -0.25) is 0 Å². The molecule has 0 radical (unpaired) electrons. The maximum atomic E-state index is 12.3. The van der Waals surface area contributed by atoms with Gasteiger partial charge in [0.25, 0.3) is 0 Å². The zero-order valence-corrected chi connectivity index (χ0v) is 15.1. The van der Waals surface area contributed by atoms with E-state index in [4.69, 9.17) is 4.74 Å². The molecule has 27 heavy (non-hydrogen) atoms. The number of amides is 1. The zero-order chi connectivity index (χ0) is 18.8. The minimum atomic E-state index is -0.465. The van der Waals surface area contributed by atoms with E-state index in [9.17, 15) is 9.90 Å². The Balaban J connectivity index is 1.45. The summed E-state index contributed by atoms with van der Waals surface area (Å²) in [5.74, 6) is 0.216. The highest BCUT2D eigenvalue weighted by molar-refractivity contribution is 5.79. The topological polar surface area (TPSA) is 58.6 Å². The van der Waals surface area contributed by atoms with Crippen molar-refractivity contribution in [3.8, 4) is 16.9 Å². The number of phenols is 1. The van der Waals surface area contributed by atoms with Crippen molar-refractivity contribution in [3.05, 3.63) is 89.5 Å². The van der Waals surface area contributed by atoms with Crippen LogP contribution in [0.25, 0.3) is 11.1 Å². The summed E-state index contributed by atoms with van der Waals surface area (Å²) in [5.41, 5.74) is 5.61. The van der Waals surface area contributed by atoms with E-state index in [1.165, 1.54) is 22.3 Å². The summed E-state index contributed by atoms with van der Waals surface area (Å²) < 4.78 is 5.55. The minimum Gasteiger partial charge on any atom is -0.508 e. The van der Waals surface area contributed by atoms with Gasteiger partial charge in [-0.1, -0.05) is 60.7 Å². The Morgan fingerprint density at radius 2 is 1.63 bits per heavy atom.